The molecule has 162 valence electrons. The van der Waals surface area contributed by atoms with E-state index in [1.807, 2.05) is 12.1 Å². The van der Waals surface area contributed by atoms with Crippen LogP contribution in [0.25, 0.3) is 10.9 Å². The molecule has 9 heteroatoms. The number of pyridine rings is 1. The van der Waals surface area contributed by atoms with Crippen molar-refractivity contribution in [3.8, 4) is 11.5 Å². The maximum Gasteiger partial charge on any atom is 0.416 e. The maximum absolute atomic E-state index is 13.1. The van der Waals surface area contributed by atoms with E-state index in [9.17, 15) is 18.0 Å². The average molecular weight is 432 g/mol. The van der Waals surface area contributed by atoms with E-state index in [4.69, 9.17) is 14.2 Å². The lowest BCUT2D eigenvalue weighted by Crippen LogP contribution is -2.35. The summed E-state index contributed by atoms with van der Waals surface area (Å²) in [6.45, 7) is 2.35. The molecule has 1 atom stereocenters. The second-order valence-corrected chi connectivity index (χ2v) is 6.88. The zero-order valence-electron chi connectivity index (χ0n) is 16.5. The van der Waals surface area contributed by atoms with E-state index in [0.717, 1.165) is 12.1 Å². The minimum Gasteiger partial charge on any atom is -0.486 e. The Morgan fingerprint density at radius 3 is 2.74 bits per heavy atom. The average Bonchev–Trinajstić information content (AvgIpc) is 2.76. The van der Waals surface area contributed by atoms with Gasteiger partial charge in [0.1, 0.15) is 18.3 Å². The minimum atomic E-state index is -4.50. The van der Waals surface area contributed by atoms with Crippen LogP contribution in [0.3, 0.4) is 0 Å². The van der Waals surface area contributed by atoms with Crippen LogP contribution in [-0.2, 0) is 10.9 Å². The molecule has 3 aromatic rings. The number of carbonyl (C=O) groups is 1. The number of ether oxygens (including phenoxy) is 3. The lowest BCUT2D eigenvalue weighted by Gasteiger charge is -2.27. The molecule has 1 N–H and O–H groups in total. The van der Waals surface area contributed by atoms with Gasteiger partial charge in [-0.25, -0.2) is 4.79 Å². The van der Waals surface area contributed by atoms with Gasteiger partial charge in [0.2, 0.25) is 0 Å². The van der Waals surface area contributed by atoms with E-state index in [-0.39, 0.29) is 36.9 Å². The van der Waals surface area contributed by atoms with E-state index in [0.29, 0.717) is 22.6 Å². The highest BCUT2D eigenvalue weighted by Gasteiger charge is 2.31. The molecular weight excluding hydrogens is 413 g/mol. The van der Waals surface area contributed by atoms with Crippen molar-refractivity contribution in [2.24, 2.45) is 0 Å². The highest BCUT2D eigenvalue weighted by atomic mass is 19.4. The Balaban J connectivity index is 1.65. The molecule has 0 radical (unpaired) electrons. The number of hydrogen-bond donors (Lipinski definition) is 1. The summed E-state index contributed by atoms with van der Waals surface area (Å²) < 4.78 is 55.9. The summed E-state index contributed by atoms with van der Waals surface area (Å²) in [6.07, 6.45) is -3.65. The van der Waals surface area contributed by atoms with E-state index >= 15 is 0 Å². The second kappa shape index (κ2) is 8.33. The van der Waals surface area contributed by atoms with Gasteiger partial charge in [0.15, 0.2) is 11.5 Å². The first-order valence-corrected chi connectivity index (χ1v) is 9.66. The summed E-state index contributed by atoms with van der Waals surface area (Å²) in [4.78, 5) is 16.5. The van der Waals surface area contributed by atoms with Crippen molar-refractivity contribution in [1.82, 2.24) is 4.98 Å². The fraction of sp³-hybridized carbons (Fsp3) is 0.273. The van der Waals surface area contributed by atoms with Crippen molar-refractivity contribution < 1.29 is 32.2 Å². The lowest BCUT2D eigenvalue weighted by molar-refractivity contribution is -0.137. The molecule has 0 bridgehead atoms. The van der Waals surface area contributed by atoms with E-state index in [1.54, 1.807) is 19.1 Å². The number of rotatable bonds is 5. The van der Waals surface area contributed by atoms with Crippen LogP contribution in [0, 0.1) is 0 Å². The van der Waals surface area contributed by atoms with Crippen LogP contribution in [-0.4, -0.2) is 36.8 Å². The third kappa shape index (κ3) is 4.35. The fourth-order valence-electron chi connectivity index (χ4n) is 3.30. The SMILES string of the molecule is CCOC(=O)c1cnc2cc(C(F)(F)F)ccc2c1NCC1COc2ccccc2O1. The number of alkyl halides is 3. The van der Waals surface area contributed by atoms with Crippen LogP contribution in [0.2, 0.25) is 0 Å². The Morgan fingerprint density at radius 1 is 1.23 bits per heavy atom. The van der Waals surface area contributed by atoms with Gasteiger partial charge in [-0.15, -0.1) is 0 Å². The van der Waals surface area contributed by atoms with Crippen LogP contribution in [0.1, 0.15) is 22.8 Å². The van der Waals surface area contributed by atoms with Gasteiger partial charge >= 0.3 is 12.1 Å². The summed E-state index contributed by atoms with van der Waals surface area (Å²) >= 11 is 0. The van der Waals surface area contributed by atoms with Crippen molar-refractivity contribution in [3.05, 3.63) is 59.8 Å². The molecule has 0 fully saturated rings. The Hall–Kier alpha value is -3.49. The third-order valence-corrected chi connectivity index (χ3v) is 4.77. The molecule has 0 saturated heterocycles. The predicted octanol–water partition coefficient (Wildman–Crippen LogP) is 4.68. The molecule has 0 spiro atoms. The fourth-order valence-corrected chi connectivity index (χ4v) is 3.30. The van der Waals surface area contributed by atoms with Gasteiger partial charge in [-0.2, -0.15) is 13.2 Å². The van der Waals surface area contributed by atoms with E-state index in [1.165, 1.54) is 12.3 Å². The number of nitrogens with zero attached hydrogens (tertiary/aromatic N) is 1. The van der Waals surface area contributed by atoms with Crippen LogP contribution < -0.4 is 14.8 Å². The highest BCUT2D eigenvalue weighted by molar-refractivity contribution is 6.05. The van der Waals surface area contributed by atoms with Crippen molar-refractivity contribution in [2.75, 3.05) is 25.1 Å². The maximum atomic E-state index is 13.1. The zero-order chi connectivity index (χ0) is 22.0. The number of para-hydroxylation sites is 2. The number of esters is 1. The highest BCUT2D eigenvalue weighted by Crippen LogP contribution is 2.35. The van der Waals surface area contributed by atoms with Crippen LogP contribution >= 0.6 is 0 Å². The first-order chi connectivity index (χ1) is 14.9. The van der Waals surface area contributed by atoms with Gasteiger partial charge in [0, 0.05) is 11.6 Å². The van der Waals surface area contributed by atoms with Gasteiger partial charge in [-0.1, -0.05) is 18.2 Å². The smallest absolute Gasteiger partial charge is 0.416 e. The van der Waals surface area contributed by atoms with E-state index in [2.05, 4.69) is 10.3 Å². The van der Waals surface area contributed by atoms with Crippen molar-refractivity contribution in [3.63, 3.8) is 0 Å². The summed E-state index contributed by atoms with van der Waals surface area (Å²) in [5, 5.41) is 3.50. The van der Waals surface area contributed by atoms with Crippen molar-refractivity contribution in [1.29, 1.82) is 0 Å². The molecule has 2 heterocycles. The number of aromatic nitrogens is 1. The third-order valence-electron chi connectivity index (χ3n) is 4.77. The molecular formula is C22H19F3N2O4. The molecule has 1 aromatic heterocycles. The van der Waals surface area contributed by atoms with Crippen molar-refractivity contribution >= 4 is 22.6 Å². The Kier molecular flexibility index (Phi) is 5.58. The van der Waals surface area contributed by atoms with Crippen molar-refractivity contribution in [2.45, 2.75) is 19.2 Å². The molecule has 31 heavy (non-hydrogen) atoms. The summed E-state index contributed by atoms with van der Waals surface area (Å²) in [5.41, 5.74) is -0.245. The summed E-state index contributed by atoms with van der Waals surface area (Å²) in [7, 11) is 0. The molecule has 1 aliphatic rings. The molecule has 2 aromatic carbocycles. The van der Waals surface area contributed by atoms with Crippen LogP contribution in [0.4, 0.5) is 18.9 Å². The first-order valence-electron chi connectivity index (χ1n) is 9.66. The Morgan fingerprint density at radius 2 is 2.00 bits per heavy atom. The number of hydrogen-bond acceptors (Lipinski definition) is 6. The van der Waals surface area contributed by atoms with Gasteiger partial charge in [-0.3, -0.25) is 4.98 Å². The van der Waals surface area contributed by atoms with Crippen LogP contribution in [0.5, 0.6) is 11.5 Å². The largest absolute Gasteiger partial charge is 0.486 e. The number of carbonyl (C=O) groups excluding carboxylic acids is 1. The predicted molar refractivity (Wildman–Crippen MR) is 108 cm³/mol. The number of anilines is 1. The molecule has 0 aliphatic carbocycles. The minimum absolute atomic E-state index is 0.108. The normalized spacial score (nSPS) is 15.5. The molecule has 0 saturated carbocycles. The standard InChI is InChI=1S/C22H19F3N2O4/c1-2-29-21(28)16-11-26-17-9-13(22(23,24)25)7-8-15(17)20(16)27-10-14-12-30-18-5-3-4-6-19(18)31-14/h3-9,11,14H,2,10,12H2,1H3,(H,26,27). The summed E-state index contributed by atoms with van der Waals surface area (Å²) in [5.74, 6) is 0.617. The van der Waals surface area contributed by atoms with Gasteiger partial charge in [0.05, 0.1) is 29.9 Å². The molecule has 1 aliphatic heterocycles. The van der Waals surface area contributed by atoms with Crippen LogP contribution in [0.15, 0.2) is 48.7 Å². The molecule has 6 nitrogen and oxygen atoms in total. The Bertz CT molecular complexity index is 1120. The molecule has 1 unspecified atom stereocenters. The number of nitrogens with one attached hydrogen (secondary N) is 1. The quantitative estimate of drug-likeness (QED) is 0.591. The van der Waals surface area contributed by atoms with Gasteiger partial charge < -0.3 is 19.5 Å². The topological polar surface area (TPSA) is 69.7 Å². The number of halogens is 3. The molecule has 0 amide bonds. The lowest BCUT2D eigenvalue weighted by atomic mass is 10.1. The number of benzene rings is 2. The monoisotopic (exact) mass is 432 g/mol. The van der Waals surface area contributed by atoms with E-state index < -0.39 is 17.7 Å². The van der Waals surface area contributed by atoms with Gasteiger partial charge in [-0.05, 0) is 31.2 Å². The second-order valence-electron chi connectivity index (χ2n) is 6.88. The zero-order valence-corrected chi connectivity index (χ0v) is 16.5. The number of fused-ring (bicyclic) bond motifs is 2. The first kappa shape index (κ1) is 20.8. The van der Waals surface area contributed by atoms with Gasteiger partial charge in [0.25, 0.3) is 0 Å². The Labute approximate surface area is 175 Å². The summed E-state index contributed by atoms with van der Waals surface area (Å²) in [6, 6.07) is 10.4. The molecule has 4 rings (SSSR count).